The minimum absolute atomic E-state index is 0.0469. The summed E-state index contributed by atoms with van der Waals surface area (Å²) in [5.74, 6) is 1.19. The highest BCUT2D eigenvalue weighted by Gasteiger charge is 2.21. The molecular weight excluding hydrogens is 400 g/mol. The molecule has 1 aromatic heterocycles. The van der Waals surface area contributed by atoms with Gasteiger partial charge in [0.1, 0.15) is 12.4 Å². The third kappa shape index (κ3) is 4.37. The molecule has 0 radical (unpaired) electrons. The van der Waals surface area contributed by atoms with Gasteiger partial charge >= 0.3 is 0 Å². The molecule has 0 atom stereocenters. The van der Waals surface area contributed by atoms with Crippen LogP contribution in [0.2, 0.25) is 5.02 Å². The van der Waals surface area contributed by atoms with Crippen molar-refractivity contribution in [2.45, 2.75) is 33.2 Å². The van der Waals surface area contributed by atoms with Crippen LogP contribution in [-0.2, 0) is 26.2 Å². The van der Waals surface area contributed by atoms with Crippen LogP contribution in [0, 0.1) is 6.92 Å². The van der Waals surface area contributed by atoms with Crippen molar-refractivity contribution in [1.29, 1.82) is 0 Å². The second kappa shape index (κ2) is 8.94. The quantitative estimate of drug-likeness (QED) is 0.587. The van der Waals surface area contributed by atoms with Crippen LogP contribution in [0.15, 0.2) is 59.5 Å². The first-order valence-corrected chi connectivity index (χ1v) is 10.4. The Morgan fingerprint density at radius 2 is 1.83 bits per heavy atom. The molecule has 5 nitrogen and oxygen atoms in total. The Hall–Kier alpha value is -2.76. The zero-order valence-corrected chi connectivity index (χ0v) is 18.0. The molecule has 0 fully saturated rings. The third-order valence-electron chi connectivity index (χ3n) is 5.55. The van der Waals surface area contributed by atoms with E-state index in [1.54, 1.807) is 7.11 Å². The summed E-state index contributed by atoms with van der Waals surface area (Å²) < 4.78 is 13.2. The molecule has 1 aliphatic rings. The van der Waals surface area contributed by atoms with Gasteiger partial charge in [-0.15, -0.1) is 0 Å². The standard InChI is InChI=1S/C24H25ClN2O3/c1-17-22-14-26(13-19-5-3-4-6-21(19)25)11-12-27(22)15-23(24(17)28)30-16-18-7-9-20(29-2)10-8-18/h3-10,15H,11-14,16H2,1-2H3. The molecule has 0 unspecified atom stereocenters. The Labute approximate surface area is 181 Å². The van der Waals surface area contributed by atoms with Gasteiger partial charge in [-0.2, -0.15) is 0 Å². The van der Waals surface area contributed by atoms with Crippen LogP contribution < -0.4 is 14.9 Å². The van der Waals surface area contributed by atoms with Gasteiger partial charge < -0.3 is 14.0 Å². The summed E-state index contributed by atoms with van der Waals surface area (Å²) in [6.07, 6.45) is 1.85. The highest BCUT2D eigenvalue weighted by atomic mass is 35.5. The fraction of sp³-hybridized carbons (Fsp3) is 0.292. The molecule has 0 spiro atoms. The lowest BCUT2D eigenvalue weighted by Crippen LogP contribution is -2.36. The van der Waals surface area contributed by atoms with E-state index in [9.17, 15) is 4.79 Å². The SMILES string of the molecule is COc1ccc(COc2cn3c(c(C)c2=O)CN(Cc2ccccc2Cl)CC3)cc1. The van der Waals surface area contributed by atoms with Crippen molar-refractivity contribution >= 4 is 11.6 Å². The maximum atomic E-state index is 12.9. The number of pyridine rings is 1. The van der Waals surface area contributed by atoms with Gasteiger partial charge in [-0.25, -0.2) is 0 Å². The first-order valence-electron chi connectivity index (χ1n) is 9.99. The molecule has 2 heterocycles. The predicted molar refractivity (Wildman–Crippen MR) is 118 cm³/mol. The Kier molecular flexibility index (Phi) is 6.11. The fourth-order valence-corrected chi connectivity index (χ4v) is 3.94. The molecule has 3 aromatic rings. The fourth-order valence-electron chi connectivity index (χ4n) is 3.75. The number of ether oxygens (including phenoxy) is 2. The second-order valence-electron chi connectivity index (χ2n) is 7.53. The first kappa shape index (κ1) is 20.5. The highest BCUT2D eigenvalue weighted by Crippen LogP contribution is 2.23. The van der Waals surface area contributed by atoms with E-state index in [2.05, 4.69) is 9.47 Å². The molecular formula is C24H25ClN2O3. The molecule has 0 N–H and O–H groups in total. The van der Waals surface area contributed by atoms with Crippen LogP contribution in [-0.4, -0.2) is 23.1 Å². The number of fused-ring (bicyclic) bond motifs is 1. The van der Waals surface area contributed by atoms with Crippen molar-refractivity contribution in [3.05, 3.63) is 92.4 Å². The normalized spacial score (nSPS) is 13.7. The second-order valence-corrected chi connectivity index (χ2v) is 7.93. The lowest BCUT2D eigenvalue weighted by Gasteiger charge is -2.31. The third-order valence-corrected chi connectivity index (χ3v) is 5.92. The van der Waals surface area contributed by atoms with E-state index < -0.39 is 0 Å². The van der Waals surface area contributed by atoms with Crippen LogP contribution in [0.3, 0.4) is 0 Å². The van der Waals surface area contributed by atoms with Crippen LogP contribution in [0.4, 0.5) is 0 Å². The molecule has 6 heteroatoms. The number of hydrogen-bond acceptors (Lipinski definition) is 4. The lowest BCUT2D eigenvalue weighted by atomic mass is 10.1. The minimum Gasteiger partial charge on any atom is -0.497 e. The summed E-state index contributed by atoms with van der Waals surface area (Å²) in [4.78, 5) is 15.2. The molecule has 1 aliphatic heterocycles. The number of benzene rings is 2. The molecule has 156 valence electrons. The largest absolute Gasteiger partial charge is 0.497 e. The van der Waals surface area contributed by atoms with Gasteiger partial charge in [-0.1, -0.05) is 41.9 Å². The summed E-state index contributed by atoms with van der Waals surface area (Å²) in [5, 5.41) is 0.777. The smallest absolute Gasteiger partial charge is 0.226 e. The summed E-state index contributed by atoms with van der Waals surface area (Å²) in [7, 11) is 1.64. The number of rotatable bonds is 6. The van der Waals surface area contributed by atoms with Crippen molar-refractivity contribution in [3.63, 3.8) is 0 Å². The van der Waals surface area contributed by atoms with Crippen LogP contribution >= 0.6 is 11.6 Å². The summed E-state index contributed by atoms with van der Waals surface area (Å²) in [6, 6.07) is 15.6. The number of methoxy groups -OCH3 is 1. The Bertz CT molecular complexity index is 1090. The van der Waals surface area contributed by atoms with Crippen molar-refractivity contribution in [3.8, 4) is 11.5 Å². The molecule has 0 amide bonds. The Morgan fingerprint density at radius 3 is 2.57 bits per heavy atom. The maximum absolute atomic E-state index is 12.9. The lowest BCUT2D eigenvalue weighted by molar-refractivity contribution is 0.207. The van der Waals surface area contributed by atoms with E-state index in [4.69, 9.17) is 21.1 Å². The van der Waals surface area contributed by atoms with Crippen molar-refractivity contribution in [2.24, 2.45) is 0 Å². The van der Waals surface area contributed by atoms with Crippen LogP contribution in [0.1, 0.15) is 22.4 Å². The minimum atomic E-state index is -0.0469. The number of aromatic nitrogens is 1. The van der Waals surface area contributed by atoms with Crippen molar-refractivity contribution in [2.75, 3.05) is 13.7 Å². The summed E-state index contributed by atoms with van der Waals surface area (Å²) in [6.45, 7) is 5.40. The average Bonchev–Trinajstić information content (AvgIpc) is 2.77. The van der Waals surface area contributed by atoms with Gasteiger partial charge in [0, 0.05) is 42.5 Å². The van der Waals surface area contributed by atoms with Gasteiger partial charge in [0.25, 0.3) is 0 Å². The van der Waals surface area contributed by atoms with E-state index in [0.29, 0.717) is 18.9 Å². The molecule has 0 aliphatic carbocycles. The Morgan fingerprint density at radius 1 is 1.07 bits per heavy atom. The zero-order valence-electron chi connectivity index (χ0n) is 17.2. The molecule has 0 saturated heterocycles. The molecule has 30 heavy (non-hydrogen) atoms. The van der Waals surface area contributed by atoms with E-state index in [1.165, 1.54) is 0 Å². The van der Waals surface area contributed by atoms with E-state index in [0.717, 1.165) is 52.8 Å². The summed E-state index contributed by atoms with van der Waals surface area (Å²) >= 11 is 6.32. The van der Waals surface area contributed by atoms with Gasteiger partial charge in [0.05, 0.1) is 13.3 Å². The van der Waals surface area contributed by atoms with Crippen LogP contribution in [0.25, 0.3) is 0 Å². The molecule has 2 aromatic carbocycles. The monoisotopic (exact) mass is 424 g/mol. The maximum Gasteiger partial charge on any atom is 0.226 e. The molecule has 4 rings (SSSR count). The van der Waals surface area contributed by atoms with Crippen LogP contribution in [0.5, 0.6) is 11.5 Å². The topological polar surface area (TPSA) is 43.7 Å². The number of halogens is 1. The van der Waals surface area contributed by atoms with E-state index in [-0.39, 0.29) is 5.43 Å². The molecule has 0 saturated carbocycles. The van der Waals surface area contributed by atoms with Gasteiger partial charge in [-0.05, 0) is 36.2 Å². The summed E-state index contributed by atoms with van der Waals surface area (Å²) in [5.41, 5.74) is 3.82. The molecule has 0 bridgehead atoms. The predicted octanol–water partition coefficient (Wildman–Crippen LogP) is 4.41. The average molecular weight is 425 g/mol. The van der Waals surface area contributed by atoms with E-state index in [1.807, 2.05) is 61.7 Å². The zero-order chi connectivity index (χ0) is 21.1. The highest BCUT2D eigenvalue weighted by molar-refractivity contribution is 6.31. The number of hydrogen-bond donors (Lipinski definition) is 0. The van der Waals surface area contributed by atoms with Gasteiger partial charge in [-0.3, -0.25) is 9.69 Å². The van der Waals surface area contributed by atoms with Crippen molar-refractivity contribution < 1.29 is 9.47 Å². The van der Waals surface area contributed by atoms with E-state index >= 15 is 0 Å². The first-order chi connectivity index (χ1) is 14.5. The Balaban J connectivity index is 1.49. The number of nitrogens with zero attached hydrogens (tertiary/aromatic N) is 2. The van der Waals surface area contributed by atoms with Gasteiger partial charge in [0.2, 0.25) is 5.43 Å². The van der Waals surface area contributed by atoms with Gasteiger partial charge in [0.15, 0.2) is 5.75 Å². The van der Waals surface area contributed by atoms with Crippen molar-refractivity contribution in [1.82, 2.24) is 9.47 Å².